The first-order valence-electron chi connectivity index (χ1n) is 22.9. The van der Waals surface area contributed by atoms with E-state index in [1.54, 1.807) is 16.2 Å². The van der Waals surface area contributed by atoms with Gasteiger partial charge < -0.3 is 19.9 Å². The number of imide groups is 1. The van der Waals surface area contributed by atoms with Crippen molar-refractivity contribution in [3.05, 3.63) is 82.2 Å². The van der Waals surface area contributed by atoms with Crippen LogP contribution in [-0.4, -0.2) is 91.5 Å². The minimum absolute atomic E-state index is 0.0988. The van der Waals surface area contributed by atoms with Gasteiger partial charge in [0.05, 0.1) is 52.7 Å². The quantitative estimate of drug-likeness (QED) is 0.137. The number of imidazole rings is 1. The second kappa shape index (κ2) is 17.1. The van der Waals surface area contributed by atoms with E-state index in [2.05, 4.69) is 36.2 Å². The van der Waals surface area contributed by atoms with Crippen molar-refractivity contribution in [2.24, 2.45) is 18.9 Å². The third-order valence-corrected chi connectivity index (χ3v) is 14.6. The van der Waals surface area contributed by atoms with Gasteiger partial charge in [0, 0.05) is 38.1 Å². The van der Waals surface area contributed by atoms with Crippen molar-refractivity contribution >= 4 is 51.0 Å². The SMILES string of the molecule is Cn1c(=O)n(C2CCC(=O)NC2=O)c2cccc(CCCC3CCN(CC4CCC(n5cc6cc(NC(=O)c7cccc(C(F)(F)F)n7)c(N7C[C@@H]8C[C@H]7CO8)cc6n5)CC4)CC3)c21. The Kier molecular flexibility index (Phi) is 11.3. The summed E-state index contributed by atoms with van der Waals surface area (Å²) in [4.78, 5) is 59.6. The number of fused-ring (bicyclic) bond motifs is 4. The van der Waals surface area contributed by atoms with Gasteiger partial charge in [0.1, 0.15) is 17.4 Å². The monoisotopic (exact) mass is 881 g/mol. The standard InChI is InChI=1S/C47H54F3N9O5/c1-55-43-30(7-3-9-38(43)59(46(55)63)39-15-16-42(60)53-45(39)62)6-2-5-28-17-19-56(20-18-28)24-29-11-13-32(14-12-29)58-25-31-21-37(52-44(61)35-8-4-10-41(51-35)47(48,49)50)40(23-36(31)54-58)57-26-34-22-33(57)27-64-34/h3-4,7-10,21,23,25,28-29,32-34,39H,2,5-6,11-20,22,24,26-27H2,1H3,(H,52,61)(H,53,60,62)/t29?,32?,33-,34-,39?/m0/s1. The Morgan fingerprint density at radius 3 is 2.48 bits per heavy atom. The number of carbonyl (C=O) groups excluding carboxylic acids is 3. The number of aromatic nitrogens is 5. The first-order chi connectivity index (χ1) is 30.9. The number of nitrogens with one attached hydrogen (secondary N) is 2. The molecule has 5 aromatic rings. The maximum Gasteiger partial charge on any atom is 0.433 e. The van der Waals surface area contributed by atoms with Crippen LogP contribution >= 0.6 is 0 Å². The molecule has 64 heavy (non-hydrogen) atoms. The number of hydrogen-bond acceptors (Lipinski definition) is 9. The summed E-state index contributed by atoms with van der Waals surface area (Å²) >= 11 is 0. The molecule has 4 saturated heterocycles. The largest absolute Gasteiger partial charge is 0.433 e. The lowest BCUT2D eigenvalue weighted by molar-refractivity contribution is -0.141. The molecule has 1 saturated carbocycles. The molecule has 5 fully saturated rings. The summed E-state index contributed by atoms with van der Waals surface area (Å²) in [5.74, 6) is -0.130. The summed E-state index contributed by atoms with van der Waals surface area (Å²) < 4.78 is 51.4. The minimum atomic E-state index is -4.66. The fraction of sp³-hybridized carbons (Fsp3) is 0.532. The normalized spacial score (nSPS) is 24.6. The molecular formula is C47H54F3N9O5. The highest BCUT2D eigenvalue weighted by molar-refractivity contribution is 6.06. The van der Waals surface area contributed by atoms with Crippen LogP contribution in [0, 0.1) is 11.8 Å². The van der Waals surface area contributed by atoms with Crippen LogP contribution < -0.4 is 21.2 Å². The van der Waals surface area contributed by atoms with E-state index in [9.17, 15) is 32.3 Å². The number of amides is 3. The maximum absolute atomic E-state index is 13.4. The van der Waals surface area contributed by atoms with Gasteiger partial charge in [-0.15, -0.1) is 0 Å². The summed E-state index contributed by atoms with van der Waals surface area (Å²) in [6, 6.07) is 12.9. The number of nitrogens with zero attached hydrogens (tertiary/aromatic N) is 7. The molecule has 10 rings (SSSR count). The minimum Gasteiger partial charge on any atom is -0.374 e. The van der Waals surface area contributed by atoms with Gasteiger partial charge in [0.15, 0.2) is 0 Å². The Hall–Kier alpha value is -5.55. The number of carbonyl (C=O) groups is 3. The van der Waals surface area contributed by atoms with E-state index >= 15 is 0 Å². The average Bonchev–Trinajstić information content (AvgIpc) is 4.08. The zero-order valence-corrected chi connectivity index (χ0v) is 36.0. The summed E-state index contributed by atoms with van der Waals surface area (Å²) in [5, 5.41) is 11.2. The van der Waals surface area contributed by atoms with Crippen molar-refractivity contribution in [2.75, 3.05) is 43.0 Å². The Labute approximate surface area is 368 Å². The fourth-order valence-electron chi connectivity index (χ4n) is 11.2. The molecule has 5 aliphatic rings. The zero-order valence-electron chi connectivity index (χ0n) is 36.0. The molecule has 0 radical (unpaired) electrons. The van der Waals surface area contributed by atoms with Gasteiger partial charge in [-0.25, -0.2) is 9.78 Å². The highest BCUT2D eigenvalue weighted by Crippen LogP contribution is 2.41. The number of rotatable bonds is 11. The third kappa shape index (κ3) is 8.32. The van der Waals surface area contributed by atoms with Gasteiger partial charge in [-0.3, -0.25) is 33.5 Å². The molecule has 3 amide bonds. The van der Waals surface area contributed by atoms with Crippen molar-refractivity contribution in [3.8, 4) is 0 Å². The van der Waals surface area contributed by atoms with Gasteiger partial charge in [-0.1, -0.05) is 24.6 Å². The number of alkyl halides is 3. The molecule has 338 valence electrons. The van der Waals surface area contributed by atoms with Crippen molar-refractivity contribution in [2.45, 2.75) is 107 Å². The van der Waals surface area contributed by atoms with Crippen LogP contribution in [0.1, 0.15) is 104 Å². The van der Waals surface area contributed by atoms with Crippen LogP contribution in [0.15, 0.2) is 59.5 Å². The second-order valence-corrected chi connectivity index (χ2v) is 18.7. The van der Waals surface area contributed by atoms with Crippen molar-refractivity contribution in [1.29, 1.82) is 0 Å². The molecule has 1 aliphatic carbocycles. The molecule has 1 unspecified atom stereocenters. The number of likely N-dealkylation sites (tertiary alicyclic amines) is 1. The number of pyridine rings is 1. The molecule has 2 bridgehead atoms. The molecule has 3 atom stereocenters. The predicted octanol–water partition coefficient (Wildman–Crippen LogP) is 6.78. The number of para-hydroxylation sites is 1. The van der Waals surface area contributed by atoms with Crippen molar-refractivity contribution in [3.63, 3.8) is 0 Å². The number of halogens is 3. The molecule has 2 N–H and O–H groups in total. The predicted molar refractivity (Wildman–Crippen MR) is 234 cm³/mol. The summed E-state index contributed by atoms with van der Waals surface area (Å²) in [7, 11) is 1.76. The van der Waals surface area contributed by atoms with Crippen LogP contribution in [0.2, 0.25) is 0 Å². The molecular weight excluding hydrogens is 828 g/mol. The maximum atomic E-state index is 13.4. The van der Waals surface area contributed by atoms with Crippen LogP contribution in [0.5, 0.6) is 0 Å². The Balaban J connectivity index is 0.728. The van der Waals surface area contributed by atoms with Crippen molar-refractivity contribution < 1.29 is 32.3 Å². The van der Waals surface area contributed by atoms with Gasteiger partial charge in [0.2, 0.25) is 11.8 Å². The Bertz CT molecular complexity index is 2660. The summed E-state index contributed by atoms with van der Waals surface area (Å²) in [6.07, 6.45) is 8.54. The molecule has 2 aromatic carbocycles. The highest BCUT2D eigenvalue weighted by atomic mass is 19.4. The van der Waals surface area contributed by atoms with Crippen LogP contribution in [0.3, 0.4) is 0 Å². The summed E-state index contributed by atoms with van der Waals surface area (Å²) in [6.45, 7) is 4.55. The van der Waals surface area contributed by atoms with E-state index in [-0.39, 0.29) is 41.9 Å². The number of benzene rings is 2. The van der Waals surface area contributed by atoms with E-state index < -0.39 is 29.7 Å². The average molecular weight is 882 g/mol. The number of piperidine rings is 2. The highest BCUT2D eigenvalue weighted by Gasteiger charge is 2.41. The van der Waals surface area contributed by atoms with Gasteiger partial charge in [0.25, 0.3) is 5.91 Å². The molecule has 7 heterocycles. The lowest BCUT2D eigenvalue weighted by atomic mass is 9.84. The van der Waals surface area contributed by atoms with Crippen LogP contribution in [0.25, 0.3) is 21.9 Å². The molecule has 17 heteroatoms. The van der Waals surface area contributed by atoms with E-state index in [0.29, 0.717) is 37.1 Å². The second-order valence-electron chi connectivity index (χ2n) is 18.7. The summed E-state index contributed by atoms with van der Waals surface area (Å²) in [5.41, 5.74) is 3.17. The number of aryl methyl sites for hydroxylation is 2. The zero-order chi connectivity index (χ0) is 44.3. The third-order valence-electron chi connectivity index (χ3n) is 14.6. The van der Waals surface area contributed by atoms with Gasteiger partial charge in [-0.05, 0) is 125 Å². The lowest BCUT2D eigenvalue weighted by Crippen LogP contribution is -2.44. The Morgan fingerprint density at radius 1 is 0.953 bits per heavy atom. The topological polar surface area (TPSA) is 149 Å². The van der Waals surface area contributed by atoms with Crippen LogP contribution in [-0.2, 0) is 34.0 Å². The van der Waals surface area contributed by atoms with Gasteiger partial charge >= 0.3 is 11.9 Å². The molecule has 3 aromatic heterocycles. The van der Waals surface area contributed by atoms with E-state index in [1.165, 1.54) is 25.0 Å². The number of ether oxygens (including phenoxy) is 1. The van der Waals surface area contributed by atoms with Crippen molar-refractivity contribution in [1.82, 2.24) is 34.1 Å². The Morgan fingerprint density at radius 2 is 1.75 bits per heavy atom. The molecule has 0 spiro atoms. The first-order valence-corrected chi connectivity index (χ1v) is 22.9. The number of anilines is 2. The molecule has 14 nitrogen and oxygen atoms in total. The van der Waals surface area contributed by atoms with Crippen LogP contribution in [0.4, 0.5) is 24.5 Å². The smallest absolute Gasteiger partial charge is 0.374 e. The van der Waals surface area contributed by atoms with Gasteiger partial charge in [-0.2, -0.15) is 18.3 Å². The number of hydrogen-bond donors (Lipinski definition) is 2. The lowest BCUT2D eigenvalue weighted by Gasteiger charge is -2.36. The first kappa shape index (κ1) is 42.4. The van der Waals surface area contributed by atoms with E-state index in [4.69, 9.17) is 9.84 Å². The van der Waals surface area contributed by atoms with E-state index in [0.717, 1.165) is 110 Å². The van der Waals surface area contributed by atoms with E-state index in [1.807, 2.05) is 30.5 Å². The number of morpholine rings is 1. The fourth-order valence-corrected chi connectivity index (χ4v) is 11.2. The molecule has 4 aliphatic heterocycles.